The summed E-state index contributed by atoms with van der Waals surface area (Å²) in [6.45, 7) is 1.14. The first-order chi connectivity index (χ1) is 18.4. The smallest absolute Gasteiger partial charge is 0.295 e. The number of nitrogens with zero attached hydrogens (tertiary/aromatic N) is 2. The Balaban J connectivity index is 1.59. The number of aliphatic hydroxyl groups excluding tert-OH is 1. The molecule has 6 heteroatoms. The predicted octanol–water partition coefficient (Wildman–Crippen LogP) is 6.01. The van der Waals surface area contributed by atoms with Crippen molar-refractivity contribution in [1.29, 1.82) is 0 Å². The van der Waals surface area contributed by atoms with Crippen LogP contribution >= 0.6 is 0 Å². The van der Waals surface area contributed by atoms with Crippen LogP contribution in [0.4, 0.5) is 0 Å². The second-order valence-corrected chi connectivity index (χ2v) is 9.70. The lowest BCUT2D eigenvalue weighted by molar-refractivity contribution is -0.139. The molecule has 1 aliphatic rings. The van der Waals surface area contributed by atoms with E-state index in [1.807, 2.05) is 110 Å². The highest BCUT2D eigenvalue weighted by atomic mass is 16.5. The van der Waals surface area contributed by atoms with Crippen LogP contribution in [0, 0.1) is 0 Å². The number of likely N-dealkylation sites (tertiary alicyclic amines) is 1. The molecule has 0 aromatic heterocycles. The van der Waals surface area contributed by atoms with Gasteiger partial charge in [-0.15, -0.1) is 0 Å². The van der Waals surface area contributed by atoms with E-state index in [9.17, 15) is 14.7 Å². The molecule has 1 saturated heterocycles. The predicted molar refractivity (Wildman–Crippen MR) is 149 cm³/mol. The molecule has 4 aromatic carbocycles. The van der Waals surface area contributed by atoms with Crippen molar-refractivity contribution >= 4 is 28.2 Å². The van der Waals surface area contributed by atoms with Crippen LogP contribution in [0.3, 0.4) is 0 Å². The van der Waals surface area contributed by atoms with E-state index < -0.39 is 17.7 Å². The van der Waals surface area contributed by atoms with Gasteiger partial charge in [0.2, 0.25) is 0 Å². The summed E-state index contributed by atoms with van der Waals surface area (Å²) < 4.78 is 6.04. The van der Waals surface area contributed by atoms with Crippen LogP contribution in [0.15, 0.2) is 103 Å². The van der Waals surface area contributed by atoms with Crippen molar-refractivity contribution < 1.29 is 19.4 Å². The van der Waals surface area contributed by atoms with Gasteiger partial charge in [0.05, 0.1) is 11.6 Å². The molecule has 38 heavy (non-hydrogen) atoms. The number of benzene rings is 4. The molecule has 192 valence electrons. The van der Waals surface area contributed by atoms with Gasteiger partial charge in [-0.05, 0) is 73.7 Å². The van der Waals surface area contributed by atoms with Crippen molar-refractivity contribution in [3.63, 3.8) is 0 Å². The van der Waals surface area contributed by atoms with Crippen LogP contribution in [0.1, 0.15) is 23.6 Å². The molecular formula is C32H30N2O4. The first-order valence-electron chi connectivity index (χ1n) is 12.7. The minimum atomic E-state index is -0.733. The van der Waals surface area contributed by atoms with E-state index in [4.69, 9.17) is 4.74 Å². The zero-order valence-corrected chi connectivity index (χ0v) is 21.5. The molecular weight excluding hydrogens is 476 g/mol. The van der Waals surface area contributed by atoms with Crippen LogP contribution in [0.25, 0.3) is 16.5 Å². The number of fused-ring (bicyclic) bond motifs is 1. The number of carbonyl (C=O) groups is 2. The normalized spacial score (nSPS) is 16.9. The second kappa shape index (κ2) is 10.9. The largest absolute Gasteiger partial charge is 0.507 e. The van der Waals surface area contributed by atoms with E-state index in [0.717, 1.165) is 17.3 Å². The van der Waals surface area contributed by atoms with Gasteiger partial charge in [0.15, 0.2) is 0 Å². The minimum Gasteiger partial charge on any atom is -0.507 e. The first kappa shape index (κ1) is 25.2. The third-order valence-corrected chi connectivity index (χ3v) is 6.72. The van der Waals surface area contributed by atoms with Crippen molar-refractivity contribution in [3.8, 4) is 11.5 Å². The number of carbonyl (C=O) groups excluding carboxylic acids is 2. The summed E-state index contributed by atoms with van der Waals surface area (Å²) >= 11 is 0. The Bertz CT molecular complexity index is 1510. The monoisotopic (exact) mass is 506 g/mol. The second-order valence-electron chi connectivity index (χ2n) is 9.70. The molecule has 5 rings (SSSR count). The zero-order chi connectivity index (χ0) is 26.6. The minimum absolute atomic E-state index is 0.0898. The molecule has 0 bridgehead atoms. The van der Waals surface area contributed by atoms with Crippen molar-refractivity contribution in [2.24, 2.45) is 0 Å². The molecule has 0 aliphatic carbocycles. The van der Waals surface area contributed by atoms with Gasteiger partial charge in [-0.1, -0.05) is 66.7 Å². The van der Waals surface area contributed by atoms with E-state index in [1.165, 1.54) is 0 Å². The Kier molecular flexibility index (Phi) is 7.24. The highest BCUT2D eigenvalue weighted by molar-refractivity contribution is 6.46. The Morgan fingerprint density at radius 1 is 0.842 bits per heavy atom. The molecule has 0 spiro atoms. The summed E-state index contributed by atoms with van der Waals surface area (Å²) in [6.07, 6.45) is 0.687. The lowest BCUT2D eigenvalue weighted by Crippen LogP contribution is -2.32. The molecule has 1 N–H and O–H groups in total. The lowest BCUT2D eigenvalue weighted by atomic mass is 9.94. The Labute approximate surface area is 222 Å². The molecule has 1 unspecified atom stereocenters. The van der Waals surface area contributed by atoms with E-state index in [-0.39, 0.29) is 11.3 Å². The van der Waals surface area contributed by atoms with Gasteiger partial charge in [0.1, 0.15) is 17.3 Å². The fourth-order valence-corrected chi connectivity index (χ4v) is 4.88. The SMILES string of the molecule is CN(C)CCCN1C(=O)C(=O)/C(=C(\O)c2ccc3ccccc3c2)C1c1cccc(Oc2ccccc2)c1. The van der Waals surface area contributed by atoms with Crippen LogP contribution in [0.5, 0.6) is 11.5 Å². The van der Waals surface area contributed by atoms with Crippen molar-refractivity contribution in [1.82, 2.24) is 9.80 Å². The van der Waals surface area contributed by atoms with E-state index in [2.05, 4.69) is 0 Å². The van der Waals surface area contributed by atoms with Crippen molar-refractivity contribution in [2.75, 3.05) is 27.2 Å². The molecule has 4 aromatic rings. The third-order valence-electron chi connectivity index (χ3n) is 6.72. The van der Waals surface area contributed by atoms with Gasteiger partial charge in [-0.3, -0.25) is 9.59 Å². The van der Waals surface area contributed by atoms with Gasteiger partial charge in [0, 0.05) is 12.1 Å². The Morgan fingerprint density at radius 2 is 1.55 bits per heavy atom. The fraction of sp³-hybridized carbons (Fsp3) is 0.188. The summed E-state index contributed by atoms with van der Waals surface area (Å²) in [7, 11) is 3.94. The average molecular weight is 507 g/mol. The number of rotatable bonds is 8. The maximum Gasteiger partial charge on any atom is 0.295 e. The summed E-state index contributed by atoms with van der Waals surface area (Å²) in [5.41, 5.74) is 1.29. The highest BCUT2D eigenvalue weighted by Crippen LogP contribution is 2.41. The molecule has 0 saturated carbocycles. The van der Waals surface area contributed by atoms with Crippen molar-refractivity contribution in [3.05, 3.63) is 114 Å². The number of ketones is 1. The van der Waals surface area contributed by atoms with Crippen LogP contribution < -0.4 is 4.74 Å². The number of hydrogen-bond acceptors (Lipinski definition) is 5. The average Bonchev–Trinajstić information content (AvgIpc) is 3.18. The van der Waals surface area contributed by atoms with Crippen LogP contribution in [-0.2, 0) is 9.59 Å². The van der Waals surface area contributed by atoms with E-state index in [1.54, 1.807) is 11.0 Å². The maximum absolute atomic E-state index is 13.4. The Hall–Kier alpha value is -4.42. The number of para-hydroxylation sites is 1. The maximum atomic E-state index is 13.4. The van der Waals surface area contributed by atoms with E-state index in [0.29, 0.717) is 35.6 Å². The molecule has 6 nitrogen and oxygen atoms in total. The molecule has 1 aliphatic heterocycles. The topological polar surface area (TPSA) is 70.1 Å². The van der Waals surface area contributed by atoms with Crippen LogP contribution in [-0.4, -0.2) is 53.8 Å². The first-order valence-corrected chi connectivity index (χ1v) is 12.7. The standard InChI is InChI=1S/C32H30N2O4/c1-33(2)18-9-19-34-29(24-12-8-15-27(21-24)38-26-13-4-3-5-14-26)28(31(36)32(34)37)30(35)25-17-16-22-10-6-7-11-23(22)20-25/h3-8,10-17,20-21,29,35H,9,18-19H2,1-2H3/b30-28-. The van der Waals surface area contributed by atoms with Crippen LogP contribution in [0.2, 0.25) is 0 Å². The quantitative estimate of drug-likeness (QED) is 0.180. The van der Waals surface area contributed by atoms with Gasteiger partial charge < -0.3 is 19.6 Å². The molecule has 0 radical (unpaired) electrons. The Morgan fingerprint density at radius 3 is 2.32 bits per heavy atom. The summed E-state index contributed by atoms with van der Waals surface area (Å²) in [5, 5.41) is 13.4. The molecule has 1 fully saturated rings. The number of Topliss-reactive ketones (excluding diaryl/α,β-unsaturated/α-hetero) is 1. The molecule has 1 amide bonds. The van der Waals surface area contributed by atoms with Gasteiger partial charge in [-0.2, -0.15) is 0 Å². The zero-order valence-electron chi connectivity index (χ0n) is 21.5. The van der Waals surface area contributed by atoms with Gasteiger partial charge in [-0.25, -0.2) is 0 Å². The van der Waals surface area contributed by atoms with Crippen molar-refractivity contribution in [2.45, 2.75) is 12.5 Å². The summed E-state index contributed by atoms with van der Waals surface area (Å²) in [4.78, 5) is 30.3. The number of hydrogen-bond donors (Lipinski definition) is 1. The van der Waals surface area contributed by atoms with Gasteiger partial charge in [0.25, 0.3) is 11.7 Å². The highest BCUT2D eigenvalue weighted by Gasteiger charge is 2.45. The molecule has 1 heterocycles. The lowest BCUT2D eigenvalue weighted by Gasteiger charge is -2.26. The number of aliphatic hydroxyl groups is 1. The van der Waals surface area contributed by atoms with E-state index >= 15 is 0 Å². The number of amides is 1. The summed E-state index contributed by atoms with van der Waals surface area (Å²) in [6, 6.07) is 29.4. The third kappa shape index (κ3) is 5.17. The van der Waals surface area contributed by atoms with Gasteiger partial charge >= 0.3 is 0 Å². The fourth-order valence-electron chi connectivity index (χ4n) is 4.88. The molecule has 1 atom stereocenters. The number of ether oxygens (including phenoxy) is 1. The summed E-state index contributed by atoms with van der Waals surface area (Å²) in [5.74, 6) is -0.201.